The van der Waals surface area contributed by atoms with E-state index >= 15 is 0 Å². The first-order valence-corrected chi connectivity index (χ1v) is 9.09. The summed E-state index contributed by atoms with van der Waals surface area (Å²) >= 11 is 0. The number of nitrogens with one attached hydrogen (secondary N) is 2. The smallest absolute Gasteiger partial charge is 0.253 e. The maximum absolute atomic E-state index is 13.3. The number of carbonyl (C=O) groups excluding carboxylic acids is 1. The molecule has 1 aromatic carbocycles. The SMILES string of the molecule is O=C(N[C@@H](c1ccc(F)cc1)[C@@H]1CCCO1)c1ccc(NC2CC2)nc1. The van der Waals surface area contributed by atoms with E-state index in [0.29, 0.717) is 18.2 Å². The van der Waals surface area contributed by atoms with Gasteiger partial charge in [-0.3, -0.25) is 4.79 Å². The highest BCUT2D eigenvalue weighted by Crippen LogP contribution is 2.28. The molecule has 2 heterocycles. The monoisotopic (exact) mass is 355 g/mol. The Morgan fingerprint density at radius 2 is 1.96 bits per heavy atom. The number of hydrogen-bond acceptors (Lipinski definition) is 4. The van der Waals surface area contributed by atoms with Gasteiger partial charge in [0, 0.05) is 18.8 Å². The Balaban J connectivity index is 1.48. The summed E-state index contributed by atoms with van der Waals surface area (Å²) in [4.78, 5) is 17.0. The largest absolute Gasteiger partial charge is 0.376 e. The molecule has 1 aromatic heterocycles. The molecule has 1 aliphatic carbocycles. The summed E-state index contributed by atoms with van der Waals surface area (Å²) in [7, 11) is 0. The van der Waals surface area contributed by atoms with Gasteiger partial charge < -0.3 is 15.4 Å². The molecule has 0 bridgehead atoms. The lowest BCUT2D eigenvalue weighted by atomic mass is 9.99. The average Bonchev–Trinajstić information content (AvgIpc) is 3.30. The second kappa shape index (κ2) is 7.41. The van der Waals surface area contributed by atoms with Crippen LogP contribution in [0.15, 0.2) is 42.6 Å². The summed E-state index contributed by atoms with van der Waals surface area (Å²) < 4.78 is 19.0. The molecular weight excluding hydrogens is 333 g/mol. The standard InChI is InChI=1S/C20H22FN3O2/c21-15-6-3-13(4-7-15)19(17-2-1-11-26-17)24-20(25)14-5-10-18(22-12-14)23-16-8-9-16/h3-7,10,12,16-17,19H,1-2,8-9,11H2,(H,22,23)(H,24,25)/t17-,19-/m0/s1. The van der Waals surface area contributed by atoms with Gasteiger partial charge in [0.25, 0.3) is 5.91 Å². The molecule has 2 aliphatic rings. The Morgan fingerprint density at radius 3 is 2.58 bits per heavy atom. The number of aromatic nitrogens is 1. The van der Waals surface area contributed by atoms with Crippen molar-refractivity contribution in [2.45, 2.75) is 43.9 Å². The number of carbonyl (C=O) groups is 1. The van der Waals surface area contributed by atoms with Crippen molar-refractivity contribution in [2.24, 2.45) is 0 Å². The number of amides is 1. The van der Waals surface area contributed by atoms with Crippen LogP contribution in [0.25, 0.3) is 0 Å². The molecule has 5 nitrogen and oxygen atoms in total. The van der Waals surface area contributed by atoms with E-state index in [9.17, 15) is 9.18 Å². The fourth-order valence-corrected chi connectivity index (χ4v) is 3.20. The lowest BCUT2D eigenvalue weighted by molar-refractivity contribution is 0.0672. The van der Waals surface area contributed by atoms with E-state index in [4.69, 9.17) is 4.74 Å². The summed E-state index contributed by atoms with van der Waals surface area (Å²) in [5, 5.41) is 6.34. The number of nitrogens with zero attached hydrogens (tertiary/aromatic N) is 1. The summed E-state index contributed by atoms with van der Waals surface area (Å²) in [5.74, 6) is 0.285. The molecule has 2 atom stereocenters. The van der Waals surface area contributed by atoms with E-state index in [2.05, 4.69) is 15.6 Å². The van der Waals surface area contributed by atoms with Gasteiger partial charge in [0.05, 0.1) is 17.7 Å². The zero-order valence-corrected chi connectivity index (χ0v) is 14.5. The third-order valence-electron chi connectivity index (χ3n) is 4.81. The lowest BCUT2D eigenvalue weighted by Crippen LogP contribution is -2.36. The quantitative estimate of drug-likeness (QED) is 0.833. The third-order valence-corrected chi connectivity index (χ3v) is 4.81. The predicted octanol–water partition coefficient (Wildman–Crippen LogP) is 3.45. The first-order chi connectivity index (χ1) is 12.7. The summed E-state index contributed by atoms with van der Waals surface area (Å²) in [5.41, 5.74) is 1.34. The van der Waals surface area contributed by atoms with Crippen molar-refractivity contribution < 1.29 is 13.9 Å². The molecule has 6 heteroatoms. The number of hydrogen-bond donors (Lipinski definition) is 2. The fourth-order valence-electron chi connectivity index (χ4n) is 3.20. The number of rotatable bonds is 6. The minimum atomic E-state index is -0.310. The van der Waals surface area contributed by atoms with Crippen molar-refractivity contribution in [3.63, 3.8) is 0 Å². The van der Waals surface area contributed by atoms with E-state index in [0.717, 1.165) is 24.2 Å². The third kappa shape index (κ3) is 4.02. The maximum atomic E-state index is 13.3. The van der Waals surface area contributed by atoms with E-state index < -0.39 is 0 Å². The highest BCUT2D eigenvalue weighted by Gasteiger charge is 2.29. The van der Waals surface area contributed by atoms with Crippen molar-refractivity contribution in [1.29, 1.82) is 0 Å². The zero-order chi connectivity index (χ0) is 17.9. The van der Waals surface area contributed by atoms with Crippen molar-refractivity contribution >= 4 is 11.7 Å². The number of anilines is 1. The van der Waals surface area contributed by atoms with Gasteiger partial charge in [-0.05, 0) is 55.5 Å². The molecule has 4 rings (SSSR count). The van der Waals surface area contributed by atoms with Gasteiger partial charge in [-0.2, -0.15) is 0 Å². The summed E-state index contributed by atoms with van der Waals surface area (Å²) in [6.07, 6.45) is 5.65. The molecule has 0 spiro atoms. The summed E-state index contributed by atoms with van der Waals surface area (Å²) in [6.45, 7) is 0.682. The molecular formula is C20H22FN3O2. The van der Waals surface area contributed by atoms with E-state index in [1.54, 1.807) is 24.4 Å². The van der Waals surface area contributed by atoms with Gasteiger partial charge in [-0.1, -0.05) is 12.1 Å². The molecule has 2 N–H and O–H groups in total. The van der Waals surface area contributed by atoms with Crippen molar-refractivity contribution in [3.8, 4) is 0 Å². The van der Waals surface area contributed by atoms with Crippen LogP contribution in [-0.2, 0) is 4.74 Å². The number of pyridine rings is 1. The van der Waals surface area contributed by atoms with Crippen LogP contribution < -0.4 is 10.6 Å². The Bertz CT molecular complexity index is 754. The fraction of sp³-hybridized carbons (Fsp3) is 0.400. The number of halogens is 1. The molecule has 1 amide bonds. The van der Waals surface area contributed by atoms with Crippen LogP contribution in [0.2, 0.25) is 0 Å². The highest BCUT2D eigenvalue weighted by atomic mass is 19.1. The Labute approximate surface area is 152 Å². The van der Waals surface area contributed by atoms with Crippen LogP contribution in [0.4, 0.5) is 10.2 Å². The average molecular weight is 355 g/mol. The van der Waals surface area contributed by atoms with Crippen molar-refractivity contribution in [3.05, 3.63) is 59.5 Å². The maximum Gasteiger partial charge on any atom is 0.253 e. The van der Waals surface area contributed by atoms with Crippen LogP contribution in [0, 0.1) is 5.82 Å². The van der Waals surface area contributed by atoms with Gasteiger partial charge in [-0.25, -0.2) is 9.37 Å². The first-order valence-electron chi connectivity index (χ1n) is 9.09. The normalized spacial score (nSPS) is 20.6. The molecule has 1 saturated carbocycles. The van der Waals surface area contributed by atoms with Gasteiger partial charge in [0.15, 0.2) is 0 Å². The minimum absolute atomic E-state index is 0.104. The highest BCUT2D eigenvalue weighted by molar-refractivity contribution is 5.94. The molecule has 1 aliphatic heterocycles. The van der Waals surface area contributed by atoms with E-state index in [1.165, 1.54) is 25.0 Å². The van der Waals surface area contributed by atoms with Crippen LogP contribution in [0.3, 0.4) is 0 Å². The zero-order valence-electron chi connectivity index (χ0n) is 14.5. The van der Waals surface area contributed by atoms with Crippen molar-refractivity contribution in [2.75, 3.05) is 11.9 Å². The van der Waals surface area contributed by atoms with Gasteiger partial charge in [0.2, 0.25) is 0 Å². The minimum Gasteiger partial charge on any atom is -0.376 e. The van der Waals surface area contributed by atoms with Crippen LogP contribution in [0.5, 0.6) is 0 Å². The second-order valence-corrected chi connectivity index (χ2v) is 6.90. The Morgan fingerprint density at radius 1 is 1.15 bits per heavy atom. The van der Waals surface area contributed by atoms with Crippen LogP contribution in [-0.4, -0.2) is 29.6 Å². The van der Waals surface area contributed by atoms with Gasteiger partial charge >= 0.3 is 0 Å². The molecule has 136 valence electrons. The Hall–Kier alpha value is -2.47. The van der Waals surface area contributed by atoms with Crippen LogP contribution in [0.1, 0.15) is 47.6 Å². The molecule has 1 saturated heterocycles. The second-order valence-electron chi connectivity index (χ2n) is 6.90. The van der Waals surface area contributed by atoms with Crippen molar-refractivity contribution in [1.82, 2.24) is 10.3 Å². The molecule has 0 unspecified atom stereocenters. The van der Waals surface area contributed by atoms with E-state index in [-0.39, 0.29) is 23.9 Å². The number of benzene rings is 1. The van der Waals surface area contributed by atoms with Crippen LogP contribution >= 0.6 is 0 Å². The number of ether oxygens (including phenoxy) is 1. The first kappa shape index (κ1) is 17.0. The summed E-state index contributed by atoms with van der Waals surface area (Å²) in [6, 6.07) is 10.0. The van der Waals surface area contributed by atoms with Gasteiger partial charge in [-0.15, -0.1) is 0 Å². The Kier molecular flexibility index (Phi) is 4.84. The van der Waals surface area contributed by atoms with Gasteiger partial charge in [0.1, 0.15) is 11.6 Å². The molecule has 2 fully saturated rings. The molecule has 26 heavy (non-hydrogen) atoms. The van der Waals surface area contributed by atoms with E-state index in [1.807, 2.05) is 6.07 Å². The molecule has 2 aromatic rings. The topological polar surface area (TPSA) is 63.2 Å². The predicted molar refractivity (Wildman–Crippen MR) is 96.5 cm³/mol. The lowest BCUT2D eigenvalue weighted by Gasteiger charge is -2.25. The molecule has 0 radical (unpaired) electrons.